The van der Waals surface area contributed by atoms with E-state index in [1.165, 1.54) is 0 Å². The van der Waals surface area contributed by atoms with Crippen LogP contribution in [0.4, 0.5) is 0 Å². The van der Waals surface area contributed by atoms with Gasteiger partial charge >= 0.3 is 0 Å². The minimum Gasteiger partial charge on any atom is -0.392 e. The molecule has 0 rings (SSSR count). The highest BCUT2D eigenvalue weighted by Crippen LogP contribution is 2.32. The van der Waals surface area contributed by atoms with Gasteiger partial charge in [0.15, 0.2) is 0 Å². The topological polar surface area (TPSA) is 72.3 Å². The van der Waals surface area contributed by atoms with Crippen LogP contribution in [0.1, 0.15) is 53.9 Å². The summed E-state index contributed by atoms with van der Waals surface area (Å²) >= 11 is 0. The van der Waals surface area contributed by atoms with E-state index < -0.39 is 6.10 Å². The van der Waals surface area contributed by atoms with Crippen molar-refractivity contribution in [3.8, 4) is 0 Å². The fraction of sp³-hybridized carbons (Fsp3) is 1.00. The highest BCUT2D eigenvalue weighted by Gasteiger charge is 2.29. The van der Waals surface area contributed by atoms with E-state index in [1.54, 1.807) is 6.92 Å². The van der Waals surface area contributed by atoms with Crippen LogP contribution < -0.4 is 11.5 Å². The Kier molecular flexibility index (Phi) is 6.53. The summed E-state index contributed by atoms with van der Waals surface area (Å²) in [5.74, 6) is 0.150. The Hall–Kier alpha value is -0.120. The predicted octanol–water partition coefficient (Wildman–Crippen LogP) is 1.87. The van der Waals surface area contributed by atoms with Crippen LogP contribution in [0.15, 0.2) is 0 Å². The maximum atomic E-state index is 9.47. The Bertz CT molecular complexity index is 190. The summed E-state index contributed by atoms with van der Waals surface area (Å²) in [4.78, 5) is 0. The molecule has 16 heavy (non-hydrogen) atoms. The standard InChI is InChI=1S/C13H30N2O/c1-6-13(5,7-2)8-11(14)9(3)12(15)10(4)16/h9-12,16H,6-8,14-15H2,1-5H3. The first-order valence-corrected chi connectivity index (χ1v) is 6.46. The van der Waals surface area contributed by atoms with Gasteiger partial charge in [-0.2, -0.15) is 0 Å². The number of hydrogen-bond acceptors (Lipinski definition) is 3. The van der Waals surface area contributed by atoms with E-state index in [1.807, 2.05) is 6.92 Å². The quantitative estimate of drug-likeness (QED) is 0.625. The van der Waals surface area contributed by atoms with Crippen molar-refractivity contribution < 1.29 is 5.11 Å². The van der Waals surface area contributed by atoms with Crippen LogP contribution in [0, 0.1) is 11.3 Å². The van der Waals surface area contributed by atoms with E-state index >= 15 is 0 Å². The third-order valence-corrected chi connectivity index (χ3v) is 4.28. The van der Waals surface area contributed by atoms with Gasteiger partial charge in [-0.3, -0.25) is 0 Å². The summed E-state index contributed by atoms with van der Waals surface area (Å²) < 4.78 is 0. The molecule has 5 N–H and O–H groups in total. The van der Waals surface area contributed by atoms with Gasteiger partial charge in [0.25, 0.3) is 0 Å². The summed E-state index contributed by atoms with van der Waals surface area (Å²) in [6.45, 7) is 10.4. The van der Waals surface area contributed by atoms with Crippen LogP contribution in [0.5, 0.6) is 0 Å². The molecule has 0 aromatic rings. The van der Waals surface area contributed by atoms with E-state index in [0.29, 0.717) is 5.41 Å². The second-order valence-corrected chi connectivity index (χ2v) is 5.56. The lowest BCUT2D eigenvalue weighted by Gasteiger charge is -2.35. The van der Waals surface area contributed by atoms with Crippen molar-refractivity contribution in [2.45, 2.75) is 72.1 Å². The third kappa shape index (κ3) is 4.40. The Morgan fingerprint density at radius 2 is 1.56 bits per heavy atom. The Balaban J connectivity index is 4.39. The van der Waals surface area contributed by atoms with Crippen LogP contribution in [0.2, 0.25) is 0 Å². The van der Waals surface area contributed by atoms with Gasteiger partial charge in [0.05, 0.1) is 6.10 Å². The van der Waals surface area contributed by atoms with Gasteiger partial charge < -0.3 is 16.6 Å². The average Bonchev–Trinajstić information content (AvgIpc) is 2.26. The molecule has 0 saturated carbocycles. The molecular formula is C13H30N2O. The van der Waals surface area contributed by atoms with Crippen LogP contribution in [-0.2, 0) is 0 Å². The fourth-order valence-corrected chi connectivity index (χ4v) is 2.02. The van der Waals surface area contributed by atoms with Crippen molar-refractivity contribution in [2.75, 3.05) is 0 Å². The number of nitrogens with two attached hydrogens (primary N) is 2. The molecule has 0 aliphatic rings. The summed E-state index contributed by atoms with van der Waals surface area (Å²) in [7, 11) is 0. The zero-order valence-corrected chi connectivity index (χ0v) is 11.5. The molecule has 3 nitrogen and oxygen atoms in total. The average molecular weight is 230 g/mol. The maximum Gasteiger partial charge on any atom is 0.0666 e. The molecular weight excluding hydrogens is 200 g/mol. The predicted molar refractivity (Wildman–Crippen MR) is 70.1 cm³/mol. The van der Waals surface area contributed by atoms with Gasteiger partial charge in [0, 0.05) is 12.1 Å². The van der Waals surface area contributed by atoms with Crippen molar-refractivity contribution in [1.29, 1.82) is 0 Å². The monoisotopic (exact) mass is 230 g/mol. The maximum absolute atomic E-state index is 9.47. The molecule has 4 unspecified atom stereocenters. The molecule has 3 heteroatoms. The molecule has 98 valence electrons. The number of aliphatic hydroxyl groups excluding tert-OH is 1. The molecule has 0 spiro atoms. The number of rotatable bonds is 7. The first-order chi connectivity index (χ1) is 7.27. The van der Waals surface area contributed by atoms with Gasteiger partial charge in [0.2, 0.25) is 0 Å². The summed E-state index contributed by atoms with van der Waals surface area (Å²) in [5.41, 5.74) is 12.4. The van der Waals surface area contributed by atoms with E-state index in [9.17, 15) is 5.11 Å². The first-order valence-electron chi connectivity index (χ1n) is 6.46. The van der Waals surface area contributed by atoms with Gasteiger partial charge in [-0.1, -0.05) is 40.5 Å². The van der Waals surface area contributed by atoms with Crippen LogP contribution in [0.3, 0.4) is 0 Å². The minimum atomic E-state index is -0.490. The SMILES string of the molecule is CCC(C)(CC)CC(N)C(C)C(N)C(C)O. The van der Waals surface area contributed by atoms with Gasteiger partial charge in [-0.25, -0.2) is 0 Å². The summed E-state index contributed by atoms with van der Waals surface area (Å²) in [6.07, 6.45) is 2.75. The zero-order valence-electron chi connectivity index (χ0n) is 11.5. The Morgan fingerprint density at radius 1 is 1.12 bits per heavy atom. The molecule has 0 amide bonds. The smallest absolute Gasteiger partial charge is 0.0666 e. The Labute approximate surface area is 101 Å². The summed E-state index contributed by atoms with van der Waals surface area (Å²) in [6, 6.07) is -0.164. The van der Waals surface area contributed by atoms with Gasteiger partial charge in [-0.15, -0.1) is 0 Å². The lowest BCUT2D eigenvalue weighted by molar-refractivity contribution is 0.118. The molecule has 0 aliphatic heterocycles. The van der Waals surface area contributed by atoms with Crippen LogP contribution >= 0.6 is 0 Å². The molecule has 0 saturated heterocycles. The molecule has 0 heterocycles. The molecule has 0 aromatic heterocycles. The van der Waals surface area contributed by atoms with Crippen molar-refractivity contribution in [3.63, 3.8) is 0 Å². The molecule has 0 fully saturated rings. The molecule has 0 radical (unpaired) electrons. The number of aliphatic hydroxyl groups is 1. The third-order valence-electron chi connectivity index (χ3n) is 4.28. The highest BCUT2D eigenvalue weighted by molar-refractivity contribution is 4.86. The lowest BCUT2D eigenvalue weighted by atomic mass is 9.75. The molecule has 0 bridgehead atoms. The first kappa shape index (κ1) is 15.9. The van der Waals surface area contributed by atoms with E-state index in [-0.39, 0.29) is 18.0 Å². The highest BCUT2D eigenvalue weighted by atomic mass is 16.3. The van der Waals surface area contributed by atoms with Crippen molar-refractivity contribution in [3.05, 3.63) is 0 Å². The summed E-state index contributed by atoms with van der Waals surface area (Å²) in [5, 5.41) is 9.47. The van der Waals surface area contributed by atoms with Crippen molar-refractivity contribution >= 4 is 0 Å². The van der Waals surface area contributed by atoms with E-state index in [4.69, 9.17) is 11.5 Å². The Morgan fingerprint density at radius 3 is 1.88 bits per heavy atom. The van der Waals surface area contributed by atoms with Crippen LogP contribution in [0.25, 0.3) is 0 Å². The lowest BCUT2D eigenvalue weighted by Crippen LogP contribution is -2.48. The van der Waals surface area contributed by atoms with E-state index in [2.05, 4.69) is 20.8 Å². The van der Waals surface area contributed by atoms with E-state index in [0.717, 1.165) is 19.3 Å². The van der Waals surface area contributed by atoms with Crippen molar-refractivity contribution in [2.24, 2.45) is 22.8 Å². The number of hydrogen-bond donors (Lipinski definition) is 3. The van der Waals surface area contributed by atoms with Crippen LogP contribution in [-0.4, -0.2) is 23.3 Å². The molecule has 4 atom stereocenters. The largest absolute Gasteiger partial charge is 0.392 e. The van der Waals surface area contributed by atoms with Gasteiger partial charge in [0.1, 0.15) is 0 Å². The fourth-order valence-electron chi connectivity index (χ4n) is 2.02. The minimum absolute atomic E-state index is 0.0644. The molecule has 0 aromatic carbocycles. The van der Waals surface area contributed by atoms with Crippen molar-refractivity contribution in [1.82, 2.24) is 0 Å². The van der Waals surface area contributed by atoms with Gasteiger partial charge in [-0.05, 0) is 24.7 Å². The second kappa shape index (κ2) is 6.58. The normalized spacial score (nSPS) is 20.2. The zero-order chi connectivity index (χ0) is 12.9. The second-order valence-electron chi connectivity index (χ2n) is 5.56. The molecule has 0 aliphatic carbocycles.